The van der Waals surface area contributed by atoms with Gasteiger partial charge in [-0.15, -0.1) is 0 Å². The summed E-state index contributed by atoms with van der Waals surface area (Å²) in [6.07, 6.45) is 3.26. The van der Waals surface area contributed by atoms with Crippen molar-refractivity contribution >= 4 is 34.4 Å². The van der Waals surface area contributed by atoms with Crippen molar-refractivity contribution < 1.29 is 19.4 Å². The largest absolute Gasteiger partial charge is 0.481 e. The SMILES string of the molecule is O=C(COc1ccc(Cl)c2cccnc12)NC(C(=O)O)C1CC1. The molecule has 1 amide bonds. The maximum Gasteiger partial charge on any atom is 0.326 e. The normalized spacial score (nSPS) is 15.2. The van der Waals surface area contributed by atoms with Gasteiger partial charge in [0.15, 0.2) is 6.61 Å². The lowest BCUT2D eigenvalue weighted by atomic mass is 10.2. The molecule has 1 atom stereocenters. The van der Waals surface area contributed by atoms with Crippen LogP contribution < -0.4 is 10.1 Å². The van der Waals surface area contributed by atoms with E-state index in [1.54, 1.807) is 24.4 Å². The minimum Gasteiger partial charge on any atom is -0.481 e. The third kappa shape index (κ3) is 3.53. The zero-order valence-corrected chi connectivity index (χ0v) is 12.9. The van der Waals surface area contributed by atoms with Gasteiger partial charge in [0, 0.05) is 11.6 Å². The molecule has 1 saturated carbocycles. The van der Waals surface area contributed by atoms with Gasteiger partial charge in [-0.3, -0.25) is 9.78 Å². The van der Waals surface area contributed by atoms with Gasteiger partial charge in [-0.25, -0.2) is 4.79 Å². The fraction of sp³-hybridized carbons (Fsp3) is 0.312. The van der Waals surface area contributed by atoms with Gasteiger partial charge in [-0.2, -0.15) is 0 Å². The van der Waals surface area contributed by atoms with E-state index in [9.17, 15) is 9.59 Å². The number of fused-ring (bicyclic) bond motifs is 1. The highest BCUT2D eigenvalue weighted by atomic mass is 35.5. The zero-order chi connectivity index (χ0) is 16.4. The van der Waals surface area contributed by atoms with Crippen molar-refractivity contribution in [3.8, 4) is 5.75 Å². The molecular weight excluding hydrogens is 320 g/mol. The molecule has 6 nitrogen and oxygen atoms in total. The van der Waals surface area contributed by atoms with Gasteiger partial charge < -0.3 is 15.2 Å². The first-order chi connectivity index (χ1) is 11.1. The van der Waals surface area contributed by atoms with Gasteiger partial charge in [0.1, 0.15) is 17.3 Å². The summed E-state index contributed by atoms with van der Waals surface area (Å²) >= 11 is 6.10. The highest BCUT2D eigenvalue weighted by molar-refractivity contribution is 6.35. The fourth-order valence-corrected chi connectivity index (χ4v) is 2.61. The maximum atomic E-state index is 11.9. The van der Waals surface area contributed by atoms with E-state index < -0.39 is 17.9 Å². The summed E-state index contributed by atoms with van der Waals surface area (Å²) in [5, 5.41) is 12.9. The average Bonchev–Trinajstić information content (AvgIpc) is 3.37. The molecule has 0 radical (unpaired) electrons. The molecule has 1 fully saturated rings. The molecular formula is C16H15ClN2O4. The van der Waals surface area contributed by atoms with Crippen molar-refractivity contribution in [3.05, 3.63) is 35.5 Å². The molecule has 0 aliphatic heterocycles. The summed E-state index contributed by atoms with van der Waals surface area (Å²) < 4.78 is 5.49. The molecule has 0 saturated heterocycles. The van der Waals surface area contributed by atoms with E-state index in [2.05, 4.69) is 10.3 Å². The smallest absolute Gasteiger partial charge is 0.326 e. The average molecular weight is 335 g/mol. The van der Waals surface area contributed by atoms with Crippen LogP contribution in [-0.4, -0.2) is 34.6 Å². The van der Waals surface area contributed by atoms with E-state index in [1.807, 2.05) is 6.07 Å². The summed E-state index contributed by atoms with van der Waals surface area (Å²) in [7, 11) is 0. The Labute approximate surface area is 137 Å². The van der Waals surface area contributed by atoms with E-state index in [-0.39, 0.29) is 12.5 Å². The number of carbonyl (C=O) groups excluding carboxylic acids is 1. The first kappa shape index (κ1) is 15.6. The summed E-state index contributed by atoms with van der Waals surface area (Å²) in [5.74, 6) is -1.03. The standard InChI is InChI=1S/C16H15ClN2O4/c17-11-5-6-12(15-10(11)2-1-7-18-15)23-8-13(20)19-14(16(21)22)9-3-4-9/h1-2,5-7,9,14H,3-4,8H2,(H,19,20)(H,21,22). The van der Waals surface area contributed by atoms with Crippen molar-refractivity contribution in [2.75, 3.05) is 6.61 Å². The van der Waals surface area contributed by atoms with Gasteiger partial charge in [-0.1, -0.05) is 11.6 Å². The number of carbonyl (C=O) groups is 2. The highest BCUT2D eigenvalue weighted by Crippen LogP contribution is 2.33. The first-order valence-corrected chi connectivity index (χ1v) is 7.62. The number of pyridine rings is 1. The molecule has 120 valence electrons. The highest BCUT2D eigenvalue weighted by Gasteiger charge is 2.37. The van der Waals surface area contributed by atoms with Crippen molar-refractivity contribution in [3.63, 3.8) is 0 Å². The number of ether oxygens (including phenoxy) is 1. The lowest BCUT2D eigenvalue weighted by molar-refractivity contribution is -0.142. The number of aromatic nitrogens is 1. The molecule has 2 aromatic rings. The number of benzene rings is 1. The van der Waals surface area contributed by atoms with E-state index in [0.717, 1.165) is 18.2 Å². The number of hydrogen-bond donors (Lipinski definition) is 2. The fourth-order valence-electron chi connectivity index (χ4n) is 2.40. The van der Waals surface area contributed by atoms with E-state index in [1.165, 1.54) is 0 Å². The van der Waals surface area contributed by atoms with Crippen LogP contribution >= 0.6 is 11.6 Å². The number of rotatable bonds is 6. The minimum absolute atomic E-state index is 0.0227. The molecule has 1 unspecified atom stereocenters. The predicted octanol–water partition coefficient (Wildman–Crippen LogP) is 2.25. The maximum absolute atomic E-state index is 11.9. The number of nitrogens with one attached hydrogen (secondary N) is 1. The Bertz CT molecular complexity index is 761. The Balaban J connectivity index is 1.67. The predicted molar refractivity (Wildman–Crippen MR) is 84.5 cm³/mol. The van der Waals surface area contributed by atoms with Crippen LogP contribution in [0.2, 0.25) is 5.02 Å². The molecule has 1 aliphatic carbocycles. The lowest BCUT2D eigenvalue weighted by Crippen LogP contribution is -2.44. The van der Waals surface area contributed by atoms with Crippen LogP contribution in [0.15, 0.2) is 30.5 Å². The molecule has 0 bridgehead atoms. The molecule has 1 aromatic heterocycles. The number of carboxylic acids is 1. The zero-order valence-electron chi connectivity index (χ0n) is 12.2. The quantitative estimate of drug-likeness (QED) is 0.845. The van der Waals surface area contributed by atoms with Crippen molar-refractivity contribution in [2.24, 2.45) is 5.92 Å². The number of halogens is 1. The van der Waals surface area contributed by atoms with E-state index in [4.69, 9.17) is 21.4 Å². The molecule has 3 rings (SSSR count). The van der Waals surface area contributed by atoms with Crippen LogP contribution in [0.3, 0.4) is 0 Å². The molecule has 7 heteroatoms. The Morgan fingerprint density at radius 1 is 1.39 bits per heavy atom. The van der Waals surface area contributed by atoms with Crippen LogP contribution in [0.5, 0.6) is 5.75 Å². The number of hydrogen-bond acceptors (Lipinski definition) is 4. The number of amides is 1. The molecule has 2 N–H and O–H groups in total. The van der Waals surface area contributed by atoms with E-state index >= 15 is 0 Å². The second-order valence-electron chi connectivity index (χ2n) is 5.45. The Hall–Kier alpha value is -2.34. The summed E-state index contributed by atoms with van der Waals surface area (Å²) in [4.78, 5) is 27.3. The summed E-state index contributed by atoms with van der Waals surface area (Å²) in [6.45, 7) is -0.274. The van der Waals surface area contributed by atoms with Crippen molar-refractivity contribution in [1.82, 2.24) is 10.3 Å². The van der Waals surface area contributed by atoms with Crippen LogP contribution in [0.4, 0.5) is 0 Å². The summed E-state index contributed by atoms with van der Waals surface area (Å²) in [5.41, 5.74) is 0.560. The molecule has 1 heterocycles. The van der Waals surface area contributed by atoms with Crippen LogP contribution in [0.1, 0.15) is 12.8 Å². The lowest BCUT2D eigenvalue weighted by Gasteiger charge is -2.14. The van der Waals surface area contributed by atoms with Crippen molar-refractivity contribution in [2.45, 2.75) is 18.9 Å². The molecule has 1 aliphatic rings. The molecule has 1 aromatic carbocycles. The number of aliphatic carboxylic acids is 1. The topological polar surface area (TPSA) is 88.5 Å². The second-order valence-corrected chi connectivity index (χ2v) is 5.86. The number of nitrogens with zero attached hydrogens (tertiary/aromatic N) is 1. The van der Waals surface area contributed by atoms with Gasteiger partial charge in [0.2, 0.25) is 0 Å². The molecule has 0 spiro atoms. The first-order valence-electron chi connectivity index (χ1n) is 7.24. The second kappa shape index (κ2) is 6.42. The summed E-state index contributed by atoms with van der Waals surface area (Å²) in [6, 6.07) is 6.04. The van der Waals surface area contributed by atoms with Gasteiger partial charge in [0.25, 0.3) is 5.91 Å². The van der Waals surface area contributed by atoms with Gasteiger partial charge in [0.05, 0.1) is 5.02 Å². The Morgan fingerprint density at radius 3 is 2.87 bits per heavy atom. The molecule has 23 heavy (non-hydrogen) atoms. The van der Waals surface area contributed by atoms with Crippen LogP contribution in [-0.2, 0) is 9.59 Å². The monoisotopic (exact) mass is 334 g/mol. The van der Waals surface area contributed by atoms with Gasteiger partial charge in [-0.05, 0) is 43.0 Å². The Morgan fingerprint density at radius 2 is 2.17 bits per heavy atom. The van der Waals surface area contributed by atoms with Gasteiger partial charge >= 0.3 is 5.97 Å². The van der Waals surface area contributed by atoms with Crippen LogP contribution in [0, 0.1) is 5.92 Å². The van der Waals surface area contributed by atoms with Crippen molar-refractivity contribution in [1.29, 1.82) is 0 Å². The third-order valence-electron chi connectivity index (χ3n) is 3.71. The van der Waals surface area contributed by atoms with E-state index in [0.29, 0.717) is 16.3 Å². The van der Waals surface area contributed by atoms with Crippen LogP contribution in [0.25, 0.3) is 10.9 Å². The third-order valence-corrected chi connectivity index (χ3v) is 4.04. The minimum atomic E-state index is -1.01. The Kier molecular flexibility index (Phi) is 4.34. The number of carboxylic acid groups (broad SMARTS) is 1.